The number of imide groups is 1. The van der Waals surface area contributed by atoms with E-state index in [1.807, 2.05) is 25.1 Å². The molecule has 0 unspecified atom stereocenters. The molecule has 4 atom stereocenters. The third-order valence-electron chi connectivity index (χ3n) is 5.40. The number of hydrogen-bond acceptors (Lipinski definition) is 3. The second-order valence-electron chi connectivity index (χ2n) is 6.86. The first-order chi connectivity index (χ1) is 11.6. The van der Waals surface area contributed by atoms with Crippen molar-refractivity contribution in [2.45, 2.75) is 20.8 Å². The van der Waals surface area contributed by atoms with Crippen LogP contribution in [0.2, 0.25) is 0 Å². The third kappa shape index (κ3) is 1.86. The van der Waals surface area contributed by atoms with Gasteiger partial charge in [-0.05, 0) is 32.9 Å². The van der Waals surface area contributed by atoms with E-state index in [1.54, 1.807) is 6.07 Å². The van der Waals surface area contributed by atoms with Gasteiger partial charge in [-0.15, -0.1) is 0 Å². The molecular formula is C20H21NO3. The lowest BCUT2D eigenvalue weighted by Gasteiger charge is -2.21. The van der Waals surface area contributed by atoms with Gasteiger partial charge in [0.2, 0.25) is 11.8 Å². The number of allylic oxidation sites excluding steroid dienone is 4. The molecule has 1 aliphatic heterocycles. The van der Waals surface area contributed by atoms with Crippen LogP contribution in [0.3, 0.4) is 0 Å². The predicted octanol–water partition coefficient (Wildman–Crippen LogP) is 3.34. The zero-order chi connectivity index (χ0) is 17.0. The van der Waals surface area contributed by atoms with Gasteiger partial charge >= 0.3 is 0 Å². The molecule has 2 amide bonds. The Balaban J connectivity index is 1.76. The van der Waals surface area contributed by atoms with Gasteiger partial charge in [0.05, 0.1) is 24.1 Å². The highest BCUT2D eigenvalue weighted by molar-refractivity contribution is 6.23. The largest absolute Gasteiger partial charge is 0.492 e. The van der Waals surface area contributed by atoms with Crippen LogP contribution in [0, 0.1) is 23.7 Å². The Bertz CT molecular complexity index is 754. The first kappa shape index (κ1) is 15.2. The number of fused-ring (bicyclic) bond motifs is 5. The summed E-state index contributed by atoms with van der Waals surface area (Å²) in [6.45, 7) is 6.53. The van der Waals surface area contributed by atoms with Gasteiger partial charge in [0.25, 0.3) is 0 Å². The Hall–Kier alpha value is -2.36. The molecule has 1 saturated heterocycles. The zero-order valence-corrected chi connectivity index (χ0v) is 14.2. The number of amides is 2. The summed E-state index contributed by atoms with van der Waals surface area (Å²) >= 11 is 0. The molecule has 0 aromatic heterocycles. The van der Waals surface area contributed by atoms with E-state index in [-0.39, 0.29) is 35.5 Å². The van der Waals surface area contributed by atoms with Crippen LogP contribution in [-0.4, -0.2) is 18.4 Å². The van der Waals surface area contributed by atoms with Gasteiger partial charge in [-0.1, -0.05) is 35.4 Å². The van der Waals surface area contributed by atoms with E-state index in [9.17, 15) is 9.59 Å². The van der Waals surface area contributed by atoms with Crippen LogP contribution in [0.15, 0.2) is 47.6 Å². The van der Waals surface area contributed by atoms with Crippen LogP contribution in [0.25, 0.3) is 0 Å². The van der Waals surface area contributed by atoms with Crippen LogP contribution < -0.4 is 9.64 Å². The Morgan fingerprint density at radius 3 is 2.17 bits per heavy atom. The quantitative estimate of drug-likeness (QED) is 0.633. The van der Waals surface area contributed by atoms with E-state index in [4.69, 9.17) is 4.74 Å². The molecule has 1 aromatic rings. The van der Waals surface area contributed by atoms with E-state index in [1.165, 1.54) is 16.0 Å². The number of rotatable bonds is 3. The van der Waals surface area contributed by atoms with Crippen molar-refractivity contribution in [2.24, 2.45) is 23.7 Å². The monoisotopic (exact) mass is 323 g/mol. The average Bonchev–Trinajstić information content (AvgIpc) is 3.19. The van der Waals surface area contributed by atoms with Crippen LogP contribution in [0.1, 0.15) is 20.8 Å². The van der Waals surface area contributed by atoms with E-state index >= 15 is 0 Å². The average molecular weight is 323 g/mol. The van der Waals surface area contributed by atoms with Gasteiger partial charge in [0, 0.05) is 11.8 Å². The molecule has 0 radical (unpaired) electrons. The van der Waals surface area contributed by atoms with Gasteiger partial charge in [-0.2, -0.15) is 0 Å². The molecule has 0 N–H and O–H groups in total. The lowest BCUT2D eigenvalue weighted by atomic mass is 9.85. The van der Waals surface area contributed by atoms with Gasteiger partial charge in [-0.3, -0.25) is 9.59 Å². The smallest absolute Gasteiger partial charge is 0.238 e. The highest BCUT2D eigenvalue weighted by Gasteiger charge is 2.62. The van der Waals surface area contributed by atoms with Crippen LogP contribution in [0.4, 0.5) is 5.69 Å². The summed E-state index contributed by atoms with van der Waals surface area (Å²) in [5.41, 5.74) is 3.07. The lowest BCUT2D eigenvalue weighted by Crippen LogP contribution is -2.33. The van der Waals surface area contributed by atoms with Crippen molar-refractivity contribution in [3.05, 3.63) is 47.6 Å². The highest BCUT2D eigenvalue weighted by atomic mass is 16.5. The molecule has 1 heterocycles. The Morgan fingerprint density at radius 1 is 1.04 bits per heavy atom. The maximum Gasteiger partial charge on any atom is 0.238 e. The fraction of sp³-hybridized carbons (Fsp3) is 0.400. The SMILES string of the molecule is CCOc1ccccc1N1C(=O)[C@@H]2[C@H](C1=O)[C@H]1C=C[C@H]2C1=C(C)C. The molecule has 0 spiro atoms. The number of para-hydroxylation sites is 2. The minimum absolute atomic E-state index is 0.0747. The van der Waals surface area contributed by atoms with Crippen molar-refractivity contribution in [2.75, 3.05) is 11.5 Å². The molecule has 4 nitrogen and oxygen atoms in total. The maximum absolute atomic E-state index is 13.1. The van der Waals surface area contributed by atoms with Gasteiger partial charge in [0.1, 0.15) is 5.75 Å². The number of anilines is 1. The van der Waals surface area contributed by atoms with E-state index in [0.717, 1.165) is 0 Å². The van der Waals surface area contributed by atoms with Crippen LogP contribution >= 0.6 is 0 Å². The van der Waals surface area contributed by atoms with Gasteiger partial charge in [-0.25, -0.2) is 4.90 Å². The lowest BCUT2D eigenvalue weighted by molar-refractivity contribution is -0.123. The molecule has 1 aromatic carbocycles. The fourth-order valence-corrected chi connectivity index (χ4v) is 4.59. The predicted molar refractivity (Wildman–Crippen MR) is 91.6 cm³/mol. The summed E-state index contributed by atoms with van der Waals surface area (Å²) in [5.74, 6) is 0.0421. The van der Waals surface area contributed by atoms with Crippen LogP contribution in [-0.2, 0) is 9.59 Å². The molecule has 2 bridgehead atoms. The summed E-state index contributed by atoms with van der Waals surface area (Å²) in [6, 6.07) is 7.29. The Morgan fingerprint density at radius 2 is 1.62 bits per heavy atom. The summed E-state index contributed by atoms with van der Waals surface area (Å²) in [4.78, 5) is 27.6. The van der Waals surface area contributed by atoms with Crippen molar-refractivity contribution < 1.29 is 14.3 Å². The van der Waals surface area contributed by atoms with Crippen LogP contribution in [0.5, 0.6) is 5.75 Å². The molecule has 4 rings (SSSR count). The summed E-state index contributed by atoms with van der Waals surface area (Å²) in [5, 5.41) is 0. The number of ether oxygens (including phenoxy) is 1. The van der Waals surface area contributed by atoms with E-state index in [0.29, 0.717) is 18.0 Å². The second-order valence-corrected chi connectivity index (χ2v) is 6.86. The maximum atomic E-state index is 13.1. The van der Waals surface area contributed by atoms with E-state index < -0.39 is 0 Å². The van der Waals surface area contributed by atoms with Gasteiger partial charge in [0.15, 0.2) is 0 Å². The van der Waals surface area contributed by atoms with Crippen molar-refractivity contribution >= 4 is 17.5 Å². The second kappa shape index (κ2) is 5.33. The number of carbonyl (C=O) groups excluding carboxylic acids is 2. The molecular weight excluding hydrogens is 302 g/mol. The summed E-state index contributed by atoms with van der Waals surface area (Å²) < 4.78 is 5.63. The van der Waals surface area contributed by atoms with Crippen molar-refractivity contribution in [1.29, 1.82) is 0 Å². The number of hydrogen-bond donors (Lipinski definition) is 0. The Labute approximate surface area is 141 Å². The molecule has 124 valence electrons. The molecule has 2 aliphatic carbocycles. The minimum Gasteiger partial charge on any atom is -0.492 e. The molecule has 2 fully saturated rings. The zero-order valence-electron chi connectivity index (χ0n) is 14.2. The molecule has 4 heteroatoms. The normalized spacial score (nSPS) is 30.3. The first-order valence-electron chi connectivity index (χ1n) is 8.51. The number of nitrogens with zero attached hydrogens (tertiary/aromatic N) is 1. The molecule has 24 heavy (non-hydrogen) atoms. The number of benzene rings is 1. The minimum atomic E-state index is -0.257. The number of carbonyl (C=O) groups is 2. The van der Waals surface area contributed by atoms with Gasteiger partial charge < -0.3 is 4.74 Å². The molecule has 3 aliphatic rings. The highest BCUT2D eigenvalue weighted by Crippen LogP contribution is 2.57. The summed E-state index contributed by atoms with van der Waals surface area (Å²) in [6.07, 6.45) is 4.22. The topological polar surface area (TPSA) is 46.6 Å². The van der Waals surface area contributed by atoms with Crippen molar-refractivity contribution in [3.63, 3.8) is 0 Å². The van der Waals surface area contributed by atoms with Crippen molar-refractivity contribution in [3.8, 4) is 5.75 Å². The fourth-order valence-electron chi connectivity index (χ4n) is 4.59. The van der Waals surface area contributed by atoms with Crippen molar-refractivity contribution in [1.82, 2.24) is 0 Å². The standard InChI is InChI=1S/C20H21NO3/c1-4-24-15-8-6-5-7-14(15)21-19(22)17-12-9-10-13(16(12)11(2)3)18(17)20(21)23/h5-10,12-13,17-18H,4H2,1-3H3/t12-,13-,17-,18+/m0/s1. The first-order valence-corrected chi connectivity index (χ1v) is 8.51. The van der Waals surface area contributed by atoms with E-state index in [2.05, 4.69) is 26.0 Å². The molecule has 1 saturated carbocycles. The Kier molecular flexibility index (Phi) is 3.37. The summed E-state index contributed by atoms with van der Waals surface area (Å²) in [7, 11) is 0. The third-order valence-corrected chi connectivity index (χ3v) is 5.40.